The topological polar surface area (TPSA) is 80.9 Å². The highest BCUT2D eigenvalue weighted by Crippen LogP contribution is 2.23. The molecule has 24 heavy (non-hydrogen) atoms. The summed E-state index contributed by atoms with van der Waals surface area (Å²) in [4.78, 5) is 27.2. The summed E-state index contributed by atoms with van der Waals surface area (Å²) >= 11 is 0. The first-order chi connectivity index (χ1) is 11.1. The second kappa shape index (κ2) is 5.86. The molecule has 0 fully saturated rings. The van der Waals surface area contributed by atoms with Gasteiger partial charge in [-0.2, -0.15) is 0 Å². The van der Waals surface area contributed by atoms with Crippen molar-refractivity contribution in [3.8, 4) is 5.69 Å². The molecule has 6 heteroatoms. The Hall–Kier alpha value is -3.05. The number of nitrogen functional groups attached to an aromatic ring is 1. The van der Waals surface area contributed by atoms with Crippen LogP contribution in [0, 0.1) is 0 Å². The van der Waals surface area contributed by atoms with E-state index in [1.54, 1.807) is 24.3 Å². The molecule has 0 radical (unpaired) electrons. The van der Waals surface area contributed by atoms with E-state index in [0.29, 0.717) is 22.4 Å². The number of halogens is 1. The molecular weight excluding hydrogens is 326 g/mol. The van der Waals surface area contributed by atoms with Crippen LogP contribution < -0.4 is 16.9 Å². The number of nitrogens with zero attached hydrogens (tertiary/aromatic N) is 1. The number of aromatic amines is 1. The summed E-state index contributed by atoms with van der Waals surface area (Å²) in [6.07, 6.45) is 0. The van der Waals surface area contributed by atoms with Crippen molar-refractivity contribution in [2.75, 3.05) is 5.73 Å². The Bertz CT molecular complexity index is 1160. The van der Waals surface area contributed by atoms with Crippen LogP contribution in [0.3, 0.4) is 0 Å². The van der Waals surface area contributed by atoms with Crippen molar-refractivity contribution < 1.29 is 0 Å². The predicted molar refractivity (Wildman–Crippen MR) is 99.3 cm³/mol. The van der Waals surface area contributed by atoms with E-state index in [0.717, 1.165) is 10.8 Å². The highest BCUT2D eigenvalue weighted by atomic mass is 35.5. The number of nitrogens with one attached hydrogen (secondary N) is 1. The van der Waals surface area contributed by atoms with Crippen LogP contribution in [0.15, 0.2) is 70.3 Å². The van der Waals surface area contributed by atoms with E-state index >= 15 is 0 Å². The van der Waals surface area contributed by atoms with Crippen LogP contribution in [0.25, 0.3) is 27.5 Å². The molecule has 4 rings (SSSR count). The van der Waals surface area contributed by atoms with Crippen LogP contribution in [0.5, 0.6) is 0 Å². The average molecular weight is 340 g/mol. The van der Waals surface area contributed by atoms with Crippen molar-refractivity contribution in [2.24, 2.45) is 0 Å². The fraction of sp³-hybridized carbons (Fsp3) is 0. The monoisotopic (exact) mass is 339 g/mol. The molecule has 0 aliphatic carbocycles. The standard InChI is InChI=1S/C18H13N3O2.ClH/c19-12-6-8-13(9-7-12)21-15-10-5-11-3-1-2-4-14(11)16(15)20-17(22)18(21)23;/h1-10H,19H2,(H,20,22);1H. The van der Waals surface area contributed by atoms with Crippen molar-refractivity contribution in [3.63, 3.8) is 0 Å². The van der Waals surface area contributed by atoms with Gasteiger partial charge in [0.15, 0.2) is 0 Å². The zero-order chi connectivity index (χ0) is 16.0. The Morgan fingerprint density at radius 3 is 2.33 bits per heavy atom. The lowest BCUT2D eigenvalue weighted by Crippen LogP contribution is -2.35. The van der Waals surface area contributed by atoms with Gasteiger partial charge in [0.05, 0.1) is 11.0 Å². The van der Waals surface area contributed by atoms with Crippen molar-refractivity contribution in [1.82, 2.24) is 9.55 Å². The van der Waals surface area contributed by atoms with E-state index in [1.165, 1.54) is 4.57 Å². The van der Waals surface area contributed by atoms with Crippen molar-refractivity contribution in [3.05, 3.63) is 81.4 Å². The lowest BCUT2D eigenvalue weighted by Gasteiger charge is -2.11. The molecule has 0 saturated heterocycles. The van der Waals surface area contributed by atoms with Gasteiger partial charge < -0.3 is 10.7 Å². The van der Waals surface area contributed by atoms with Gasteiger partial charge in [0.1, 0.15) is 0 Å². The summed E-state index contributed by atoms with van der Waals surface area (Å²) in [7, 11) is 0. The minimum absolute atomic E-state index is 0. The number of hydrogen-bond donors (Lipinski definition) is 2. The van der Waals surface area contributed by atoms with Crippen LogP contribution in [0.4, 0.5) is 5.69 Å². The van der Waals surface area contributed by atoms with Crippen LogP contribution in [-0.4, -0.2) is 9.55 Å². The molecule has 0 saturated carbocycles. The fourth-order valence-electron chi connectivity index (χ4n) is 2.84. The number of H-pyrrole nitrogens is 1. The third-order valence-corrected chi connectivity index (χ3v) is 3.94. The quantitative estimate of drug-likeness (QED) is 0.318. The molecule has 1 heterocycles. The highest BCUT2D eigenvalue weighted by molar-refractivity contribution is 6.04. The number of fused-ring (bicyclic) bond motifs is 3. The van der Waals surface area contributed by atoms with E-state index in [1.807, 2.05) is 36.4 Å². The summed E-state index contributed by atoms with van der Waals surface area (Å²) in [5, 5.41) is 1.89. The zero-order valence-electron chi connectivity index (χ0n) is 12.5. The van der Waals surface area contributed by atoms with Gasteiger partial charge in [-0.05, 0) is 35.7 Å². The molecule has 3 N–H and O–H groups in total. The van der Waals surface area contributed by atoms with Crippen molar-refractivity contribution >= 4 is 39.9 Å². The van der Waals surface area contributed by atoms with Gasteiger partial charge in [-0.25, -0.2) is 0 Å². The third-order valence-electron chi connectivity index (χ3n) is 3.94. The van der Waals surface area contributed by atoms with E-state index in [9.17, 15) is 9.59 Å². The van der Waals surface area contributed by atoms with Gasteiger partial charge in [0.25, 0.3) is 0 Å². The average Bonchev–Trinajstić information content (AvgIpc) is 2.57. The van der Waals surface area contributed by atoms with Crippen molar-refractivity contribution in [1.29, 1.82) is 0 Å². The molecule has 5 nitrogen and oxygen atoms in total. The van der Waals surface area contributed by atoms with E-state index in [-0.39, 0.29) is 12.4 Å². The second-order valence-electron chi connectivity index (χ2n) is 5.37. The van der Waals surface area contributed by atoms with E-state index < -0.39 is 11.1 Å². The Balaban J connectivity index is 0.00000169. The normalized spacial score (nSPS) is 10.7. The van der Waals surface area contributed by atoms with Crippen LogP contribution in [0.1, 0.15) is 0 Å². The second-order valence-corrected chi connectivity index (χ2v) is 5.37. The molecule has 0 spiro atoms. The molecular formula is C18H14ClN3O2. The highest BCUT2D eigenvalue weighted by Gasteiger charge is 2.11. The van der Waals surface area contributed by atoms with E-state index in [4.69, 9.17) is 5.73 Å². The molecule has 4 aromatic rings. The summed E-state index contributed by atoms with van der Waals surface area (Å²) < 4.78 is 1.42. The van der Waals surface area contributed by atoms with Gasteiger partial charge in [-0.3, -0.25) is 14.2 Å². The predicted octanol–water partition coefficient (Wildman–Crippen LogP) is 2.84. The lowest BCUT2D eigenvalue weighted by molar-refractivity contribution is 0.989. The summed E-state index contributed by atoms with van der Waals surface area (Å²) in [5.74, 6) is 0. The molecule has 0 aliphatic rings. The smallest absolute Gasteiger partial charge is 0.321 e. The Morgan fingerprint density at radius 1 is 0.875 bits per heavy atom. The molecule has 0 atom stereocenters. The first kappa shape index (κ1) is 15.8. The number of benzene rings is 3. The largest absolute Gasteiger partial charge is 0.399 e. The minimum Gasteiger partial charge on any atom is -0.399 e. The van der Waals surface area contributed by atoms with Gasteiger partial charge in [-0.1, -0.05) is 30.3 Å². The first-order valence-corrected chi connectivity index (χ1v) is 7.18. The van der Waals surface area contributed by atoms with Gasteiger partial charge in [0.2, 0.25) is 0 Å². The number of rotatable bonds is 1. The third kappa shape index (κ3) is 2.35. The lowest BCUT2D eigenvalue weighted by atomic mass is 10.1. The van der Waals surface area contributed by atoms with Crippen molar-refractivity contribution in [2.45, 2.75) is 0 Å². The van der Waals surface area contributed by atoms with Gasteiger partial charge >= 0.3 is 11.1 Å². The molecule has 1 aromatic heterocycles. The van der Waals surface area contributed by atoms with Crippen LogP contribution >= 0.6 is 12.4 Å². The summed E-state index contributed by atoms with van der Waals surface area (Å²) in [6, 6.07) is 18.4. The molecule has 3 aromatic carbocycles. The van der Waals surface area contributed by atoms with Crippen LogP contribution in [-0.2, 0) is 0 Å². The number of nitrogens with two attached hydrogens (primary N) is 1. The van der Waals surface area contributed by atoms with Gasteiger partial charge in [0, 0.05) is 16.8 Å². The maximum atomic E-state index is 12.4. The first-order valence-electron chi connectivity index (χ1n) is 7.18. The number of hydrogen-bond acceptors (Lipinski definition) is 3. The Labute approximate surface area is 142 Å². The minimum atomic E-state index is -0.648. The SMILES string of the molecule is Cl.Nc1ccc(-n2c(=O)c(=O)[nH]c3c4ccccc4ccc32)cc1. The Morgan fingerprint density at radius 2 is 1.58 bits per heavy atom. The Kier molecular flexibility index (Phi) is 3.87. The summed E-state index contributed by atoms with van der Waals surface area (Å²) in [5.41, 5.74) is 6.94. The fourth-order valence-corrected chi connectivity index (χ4v) is 2.84. The maximum absolute atomic E-state index is 12.4. The molecule has 0 bridgehead atoms. The molecule has 0 amide bonds. The molecule has 120 valence electrons. The zero-order valence-corrected chi connectivity index (χ0v) is 13.3. The number of anilines is 1. The maximum Gasteiger partial charge on any atom is 0.321 e. The van der Waals surface area contributed by atoms with Crippen LogP contribution in [0.2, 0.25) is 0 Å². The van der Waals surface area contributed by atoms with E-state index in [2.05, 4.69) is 4.98 Å². The number of aromatic nitrogens is 2. The summed E-state index contributed by atoms with van der Waals surface area (Å²) in [6.45, 7) is 0. The molecule has 0 aliphatic heterocycles. The van der Waals surface area contributed by atoms with Gasteiger partial charge in [-0.15, -0.1) is 12.4 Å². The molecule has 0 unspecified atom stereocenters.